The average Bonchev–Trinajstić information content (AvgIpc) is 3.16. The molecule has 146 valence electrons. The number of hydrogen-bond donors (Lipinski definition) is 1. The van der Waals surface area contributed by atoms with E-state index in [1.807, 2.05) is 60.1 Å². The van der Waals surface area contributed by atoms with Gasteiger partial charge in [-0.15, -0.1) is 0 Å². The Morgan fingerprint density at radius 3 is 2.89 bits per heavy atom. The van der Waals surface area contributed by atoms with Gasteiger partial charge in [0.05, 0.1) is 19.1 Å². The minimum atomic E-state index is -0.974. The lowest BCUT2D eigenvalue weighted by Gasteiger charge is -2.46. The van der Waals surface area contributed by atoms with Crippen LogP contribution in [0.2, 0.25) is 0 Å². The molecule has 2 aromatic rings. The number of likely N-dealkylation sites (tertiary alicyclic amines) is 1. The third-order valence-corrected chi connectivity index (χ3v) is 6.05. The summed E-state index contributed by atoms with van der Waals surface area (Å²) in [6.45, 7) is 1.81. The zero-order chi connectivity index (χ0) is 19.4. The summed E-state index contributed by atoms with van der Waals surface area (Å²) in [5.74, 6) is 0.796. The second kappa shape index (κ2) is 8.42. The standard InChI is InChI=1S/C21H28N2O3S/c1-22(2)13-18-14-23(20(24)11-16-7-10-27-15-16)9-8-21(18,25)17-5-4-6-19(12-17)26-3/h4-7,10,12,15,18,25H,8-9,11,13-14H2,1-3H3. The lowest BCUT2D eigenvalue weighted by Crippen LogP contribution is -2.54. The first kappa shape index (κ1) is 19.9. The Balaban J connectivity index is 1.80. The molecule has 3 rings (SSSR count). The molecule has 1 amide bonds. The van der Waals surface area contributed by atoms with Gasteiger partial charge in [-0.25, -0.2) is 0 Å². The van der Waals surface area contributed by atoms with Gasteiger partial charge in [-0.3, -0.25) is 4.79 Å². The molecular weight excluding hydrogens is 360 g/mol. The van der Waals surface area contributed by atoms with Crippen LogP contribution in [-0.2, 0) is 16.8 Å². The van der Waals surface area contributed by atoms with Crippen molar-refractivity contribution in [1.29, 1.82) is 0 Å². The normalized spacial score (nSPS) is 22.9. The quantitative estimate of drug-likeness (QED) is 0.827. The number of ether oxygens (including phenoxy) is 1. The molecular formula is C21H28N2O3S. The van der Waals surface area contributed by atoms with Gasteiger partial charge in [-0.05, 0) is 60.6 Å². The molecule has 2 atom stereocenters. The van der Waals surface area contributed by atoms with Crippen molar-refractivity contribution in [1.82, 2.24) is 9.80 Å². The minimum Gasteiger partial charge on any atom is -0.497 e. The lowest BCUT2D eigenvalue weighted by molar-refractivity contribution is -0.141. The fourth-order valence-electron chi connectivity index (χ4n) is 3.85. The van der Waals surface area contributed by atoms with Crippen molar-refractivity contribution < 1.29 is 14.6 Å². The Hall–Kier alpha value is -1.89. The van der Waals surface area contributed by atoms with Gasteiger partial charge < -0.3 is 19.6 Å². The van der Waals surface area contributed by atoms with E-state index < -0.39 is 5.60 Å². The van der Waals surface area contributed by atoms with Gasteiger partial charge in [-0.1, -0.05) is 12.1 Å². The fourth-order valence-corrected chi connectivity index (χ4v) is 4.51. The maximum Gasteiger partial charge on any atom is 0.227 e. The molecule has 2 heterocycles. The van der Waals surface area contributed by atoms with Crippen molar-refractivity contribution in [2.24, 2.45) is 5.92 Å². The Bertz CT molecular complexity index is 763. The predicted octanol–water partition coefficient (Wildman–Crippen LogP) is 2.60. The number of thiophene rings is 1. The number of methoxy groups -OCH3 is 1. The summed E-state index contributed by atoms with van der Waals surface area (Å²) in [6.07, 6.45) is 0.948. The highest BCUT2D eigenvalue weighted by molar-refractivity contribution is 7.08. The SMILES string of the molecule is COc1cccc(C2(O)CCN(C(=O)Cc3ccsc3)CC2CN(C)C)c1. The van der Waals surface area contributed by atoms with Crippen molar-refractivity contribution in [3.63, 3.8) is 0 Å². The van der Waals surface area contributed by atoms with Gasteiger partial charge in [0.25, 0.3) is 0 Å². The molecule has 27 heavy (non-hydrogen) atoms. The average molecular weight is 389 g/mol. The Kier molecular flexibility index (Phi) is 6.19. The van der Waals surface area contributed by atoms with Crippen LogP contribution in [0, 0.1) is 5.92 Å². The van der Waals surface area contributed by atoms with Crippen molar-refractivity contribution in [2.75, 3.05) is 40.8 Å². The van der Waals surface area contributed by atoms with Crippen molar-refractivity contribution >= 4 is 17.2 Å². The van der Waals surface area contributed by atoms with Crippen LogP contribution in [0.15, 0.2) is 41.1 Å². The highest BCUT2D eigenvalue weighted by atomic mass is 32.1. The van der Waals surface area contributed by atoms with Gasteiger partial charge in [0.2, 0.25) is 5.91 Å². The number of benzene rings is 1. The number of nitrogens with zero attached hydrogens (tertiary/aromatic N) is 2. The van der Waals surface area contributed by atoms with Crippen molar-refractivity contribution in [3.05, 3.63) is 52.2 Å². The zero-order valence-corrected chi connectivity index (χ0v) is 17.0. The van der Waals surface area contributed by atoms with Crippen LogP contribution in [0.25, 0.3) is 0 Å². The van der Waals surface area contributed by atoms with E-state index in [0.717, 1.165) is 16.9 Å². The number of rotatable bonds is 6. The highest BCUT2D eigenvalue weighted by Crippen LogP contribution is 2.39. The van der Waals surface area contributed by atoms with Crippen LogP contribution < -0.4 is 4.74 Å². The van der Waals surface area contributed by atoms with Crippen LogP contribution in [0.4, 0.5) is 0 Å². The van der Waals surface area contributed by atoms with Crippen molar-refractivity contribution in [2.45, 2.75) is 18.4 Å². The maximum absolute atomic E-state index is 12.8. The Morgan fingerprint density at radius 1 is 1.41 bits per heavy atom. The Labute approximate surface area is 165 Å². The summed E-state index contributed by atoms with van der Waals surface area (Å²) in [6, 6.07) is 9.65. The predicted molar refractivity (Wildman–Crippen MR) is 108 cm³/mol. The summed E-state index contributed by atoms with van der Waals surface area (Å²) in [5, 5.41) is 15.6. The zero-order valence-electron chi connectivity index (χ0n) is 16.2. The number of carbonyl (C=O) groups is 1. The molecule has 6 heteroatoms. The minimum absolute atomic E-state index is 0.0696. The summed E-state index contributed by atoms with van der Waals surface area (Å²) in [7, 11) is 5.63. The first-order valence-electron chi connectivity index (χ1n) is 9.23. The maximum atomic E-state index is 12.8. The number of carbonyl (C=O) groups excluding carboxylic acids is 1. The van der Waals surface area contributed by atoms with E-state index in [2.05, 4.69) is 4.90 Å². The molecule has 5 nitrogen and oxygen atoms in total. The molecule has 0 saturated carbocycles. The molecule has 2 unspecified atom stereocenters. The molecule has 1 N–H and O–H groups in total. The number of piperidine rings is 1. The third kappa shape index (κ3) is 4.51. The molecule has 1 aromatic heterocycles. The van der Waals surface area contributed by atoms with Gasteiger partial charge in [0.15, 0.2) is 0 Å². The van der Waals surface area contributed by atoms with Crippen LogP contribution in [0.5, 0.6) is 5.75 Å². The molecule has 0 bridgehead atoms. The molecule has 1 aliphatic rings. The van der Waals surface area contributed by atoms with Crippen LogP contribution >= 0.6 is 11.3 Å². The van der Waals surface area contributed by atoms with Gasteiger partial charge in [0, 0.05) is 25.6 Å². The summed E-state index contributed by atoms with van der Waals surface area (Å²) in [5.41, 5.74) is 0.944. The van der Waals surface area contributed by atoms with E-state index in [1.165, 1.54) is 0 Å². The highest BCUT2D eigenvalue weighted by Gasteiger charge is 2.44. The molecule has 1 aromatic carbocycles. The van der Waals surface area contributed by atoms with E-state index >= 15 is 0 Å². The smallest absolute Gasteiger partial charge is 0.227 e. The van der Waals surface area contributed by atoms with E-state index in [4.69, 9.17) is 4.74 Å². The number of hydrogen-bond acceptors (Lipinski definition) is 5. The monoisotopic (exact) mass is 388 g/mol. The topological polar surface area (TPSA) is 53.0 Å². The van der Waals surface area contributed by atoms with E-state index in [9.17, 15) is 9.90 Å². The van der Waals surface area contributed by atoms with Gasteiger partial charge >= 0.3 is 0 Å². The second-order valence-corrected chi connectivity index (χ2v) is 8.29. The molecule has 1 saturated heterocycles. The summed E-state index contributed by atoms with van der Waals surface area (Å²) >= 11 is 1.61. The first-order valence-corrected chi connectivity index (χ1v) is 10.2. The van der Waals surface area contributed by atoms with E-state index in [1.54, 1.807) is 18.4 Å². The van der Waals surface area contributed by atoms with E-state index in [-0.39, 0.29) is 11.8 Å². The lowest BCUT2D eigenvalue weighted by atomic mass is 9.75. The van der Waals surface area contributed by atoms with Gasteiger partial charge in [0.1, 0.15) is 5.75 Å². The largest absolute Gasteiger partial charge is 0.497 e. The Morgan fingerprint density at radius 2 is 2.22 bits per heavy atom. The summed E-state index contributed by atoms with van der Waals surface area (Å²) < 4.78 is 5.34. The number of aliphatic hydroxyl groups is 1. The third-order valence-electron chi connectivity index (χ3n) is 5.32. The van der Waals surface area contributed by atoms with Gasteiger partial charge in [-0.2, -0.15) is 11.3 Å². The molecule has 0 aliphatic carbocycles. The van der Waals surface area contributed by atoms with Crippen LogP contribution in [-0.4, -0.2) is 61.7 Å². The van der Waals surface area contributed by atoms with Crippen LogP contribution in [0.1, 0.15) is 17.5 Å². The summed E-state index contributed by atoms with van der Waals surface area (Å²) in [4.78, 5) is 16.7. The van der Waals surface area contributed by atoms with Crippen molar-refractivity contribution in [3.8, 4) is 5.75 Å². The molecule has 1 fully saturated rings. The molecule has 0 spiro atoms. The van der Waals surface area contributed by atoms with E-state index in [0.29, 0.717) is 32.5 Å². The van der Waals surface area contributed by atoms with Crippen LogP contribution in [0.3, 0.4) is 0 Å². The first-order chi connectivity index (χ1) is 12.9. The molecule has 0 radical (unpaired) electrons. The molecule has 1 aliphatic heterocycles. The second-order valence-electron chi connectivity index (χ2n) is 7.51. The fraction of sp³-hybridized carbons (Fsp3) is 0.476. The number of amides is 1.